The average molecular weight is 361 g/mol. The first-order chi connectivity index (χ1) is 13.2. The molecule has 1 aliphatic carbocycles. The molecule has 0 aliphatic heterocycles. The van der Waals surface area contributed by atoms with Crippen molar-refractivity contribution in [3.8, 4) is 0 Å². The number of nitrogens with one attached hydrogen (secondary N) is 3. The Morgan fingerprint density at radius 1 is 1.07 bits per heavy atom. The van der Waals surface area contributed by atoms with Crippen molar-refractivity contribution in [3.63, 3.8) is 0 Å². The normalized spacial score (nSPS) is 15.2. The molecular weight excluding hydrogens is 342 g/mol. The van der Waals surface area contributed by atoms with Crippen LogP contribution in [-0.4, -0.2) is 26.8 Å². The quantitative estimate of drug-likeness (QED) is 0.648. The third-order valence-electron chi connectivity index (χ3n) is 4.68. The predicted octanol–water partition coefficient (Wildman–Crippen LogP) is 2.15. The van der Waals surface area contributed by atoms with E-state index in [1.165, 1.54) is 11.9 Å². The van der Waals surface area contributed by atoms with Gasteiger partial charge in [-0.3, -0.25) is 14.6 Å². The molecule has 7 heteroatoms. The number of hydrogen-bond donors (Lipinski definition) is 3. The second kappa shape index (κ2) is 7.41. The number of carbonyl (C=O) groups excluding carboxylic acids is 2. The number of aromatic amines is 1. The Labute approximate surface area is 156 Å². The highest BCUT2D eigenvalue weighted by atomic mass is 16.2. The summed E-state index contributed by atoms with van der Waals surface area (Å²) in [5.41, 5.74) is 3.35. The Hall–Kier alpha value is -3.48. The Bertz CT molecular complexity index is 967. The summed E-state index contributed by atoms with van der Waals surface area (Å²) in [5, 5.41) is 5.75. The Morgan fingerprint density at radius 3 is 2.78 bits per heavy atom. The van der Waals surface area contributed by atoms with Crippen LogP contribution in [0.5, 0.6) is 0 Å². The lowest BCUT2D eigenvalue weighted by molar-refractivity contribution is 0.0903. The molecule has 0 saturated heterocycles. The zero-order chi connectivity index (χ0) is 18.6. The van der Waals surface area contributed by atoms with E-state index in [9.17, 15) is 9.59 Å². The molecule has 1 atom stereocenters. The summed E-state index contributed by atoms with van der Waals surface area (Å²) in [7, 11) is 0. The van der Waals surface area contributed by atoms with Crippen LogP contribution in [-0.2, 0) is 13.0 Å². The SMILES string of the molecule is O=C(N[C@H]1CCc2ccccc21)c1nc[nH]c1C(=O)NCc1ccccn1. The molecule has 0 saturated carbocycles. The molecule has 3 N–H and O–H groups in total. The lowest BCUT2D eigenvalue weighted by Crippen LogP contribution is -2.31. The van der Waals surface area contributed by atoms with Crippen LogP contribution in [0.3, 0.4) is 0 Å². The fourth-order valence-corrected chi connectivity index (χ4v) is 3.34. The van der Waals surface area contributed by atoms with Crippen molar-refractivity contribution in [3.05, 3.63) is 83.2 Å². The van der Waals surface area contributed by atoms with E-state index in [2.05, 4.69) is 31.7 Å². The van der Waals surface area contributed by atoms with Gasteiger partial charge in [-0.2, -0.15) is 0 Å². The van der Waals surface area contributed by atoms with Crippen molar-refractivity contribution in [2.24, 2.45) is 0 Å². The van der Waals surface area contributed by atoms with Crippen molar-refractivity contribution in [2.45, 2.75) is 25.4 Å². The van der Waals surface area contributed by atoms with Crippen LogP contribution in [0.4, 0.5) is 0 Å². The van der Waals surface area contributed by atoms with Crippen LogP contribution >= 0.6 is 0 Å². The van der Waals surface area contributed by atoms with Gasteiger partial charge in [0, 0.05) is 6.20 Å². The molecule has 1 aromatic carbocycles. The van der Waals surface area contributed by atoms with Crippen molar-refractivity contribution < 1.29 is 9.59 Å². The minimum atomic E-state index is -0.393. The number of imidazole rings is 1. The first kappa shape index (κ1) is 17.0. The summed E-state index contributed by atoms with van der Waals surface area (Å²) >= 11 is 0. The summed E-state index contributed by atoms with van der Waals surface area (Å²) in [6, 6.07) is 13.5. The fourth-order valence-electron chi connectivity index (χ4n) is 3.34. The summed E-state index contributed by atoms with van der Waals surface area (Å²) in [4.78, 5) is 36.1. The van der Waals surface area contributed by atoms with Crippen molar-refractivity contribution in [1.82, 2.24) is 25.6 Å². The van der Waals surface area contributed by atoms with Crippen molar-refractivity contribution in [1.29, 1.82) is 0 Å². The molecule has 2 amide bonds. The number of aromatic nitrogens is 3. The number of fused-ring (bicyclic) bond motifs is 1. The molecule has 1 aliphatic rings. The third-order valence-corrected chi connectivity index (χ3v) is 4.68. The van der Waals surface area contributed by atoms with E-state index in [1.807, 2.05) is 36.4 Å². The number of hydrogen-bond acceptors (Lipinski definition) is 4. The molecule has 2 heterocycles. The van der Waals surface area contributed by atoms with E-state index in [0.29, 0.717) is 0 Å². The van der Waals surface area contributed by atoms with Crippen molar-refractivity contribution in [2.75, 3.05) is 0 Å². The van der Waals surface area contributed by atoms with E-state index >= 15 is 0 Å². The first-order valence-corrected chi connectivity index (χ1v) is 8.82. The van der Waals surface area contributed by atoms with Crippen LogP contribution in [0, 0.1) is 0 Å². The molecule has 3 aromatic rings. The maximum absolute atomic E-state index is 12.7. The van der Waals surface area contributed by atoms with Gasteiger partial charge in [-0.15, -0.1) is 0 Å². The van der Waals surface area contributed by atoms with Crippen LogP contribution in [0.15, 0.2) is 55.0 Å². The molecule has 2 aromatic heterocycles. The van der Waals surface area contributed by atoms with Gasteiger partial charge in [0.05, 0.1) is 24.6 Å². The van der Waals surface area contributed by atoms with Gasteiger partial charge < -0.3 is 15.6 Å². The number of aryl methyl sites for hydroxylation is 1. The standard InChI is InChI=1S/C20H19N5O2/c26-19(22-11-14-6-3-4-10-21-14)17-18(24-12-23-17)20(27)25-16-9-8-13-5-1-2-7-15(13)16/h1-7,10,12,16H,8-9,11H2,(H,22,26)(H,23,24)(H,25,27)/t16-/m0/s1. The molecule has 0 unspecified atom stereocenters. The second-order valence-electron chi connectivity index (χ2n) is 6.39. The number of nitrogens with zero attached hydrogens (tertiary/aromatic N) is 2. The average Bonchev–Trinajstić information content (AvgIpc) is 3.35. The number of pyridine rings is 1. The smallest absolute Gasteiger partial charge is 0.272 e. The minimum Gasteiger partial charge on any atom is -0.345 e. The van der Waals surface area contributed by atoms with E-state index < -0.39 is 5.91 Å². The predicted molar refractivity (Wildman–Crippen MR) is 99.0 cm³/mol. The van der Waals surface area contributed by atoms with Gasteiger partial charge in [-0.1, -0.05) is 30.3 Å². The Balaban J connectivity index is 1.44. The Morgan fingerprint density at radius 2 is 1.93 bits per heavy atom. The Kier molecular flexibility index (Phi) is 4.65. The molecule has 27 heavy (non-hydrogen) atoms. The lowest BCUT2D eigenvalue weighted by Gasteiger charge is -2.13. The largest absolute Gasteiger partial charge is 0.345 e. The van der Waals surface area contributed by atoms with Gasteiger partial charge in [0.15, 0.2) is 5.69 Å². The van der Waals surface area contributed by atoms with E-state index in [4.69, 9.17) is 0 Å². The third kappa shape index (κ3) is 3.57. The maximum Gasteiger partial charge on any atom is 0.272 e. The lowest BCUT2D eigenvalue weighted by atomic mass is 10.1. The minimum absolute atomic E-state index is 0.0603. The highest BCUT2D eigenvalue weighted by molar-refractivity contribution is 6.04. The highest BCUT2D eigenvalue weighted by Gasteiger charge is 2.27. The monoisotopic (exact) mass is 361 g/mol. The molecule has 0 fully saturated rings. The van der Waals surface area contributed by atoms with Crippen LogP contribution < -0.4 is 10.6 Å². The highest BCUT2D eigenvalue weighted by Crippen LogP contribution is 2.30. The van der Waals surface area contributed by atoms with Gasteiger partial charge in [0.1, 0.15) is 5.69 Å². The number of H-pyrrole nitrogens is 1. The van der Waals surface area contributed by atoms with Crippen LogP contribution in [0.25, 0.3) is 0 Å². The van der Waals surface area contributed by atoms with Crippen LogP contribution in [0.2, 0.25) is 0 Å². The summed E-state index contributed by atoms with van der Waals surface area (Å²) in [5.74, 6) is -0.754. The molecule has 4 rings (SSSR count). The topological polar surface area (TPSA) is 99.8 Å². The fraction of sp³-hybridized carbons (Fsp3) is 0.200. The number of carbonyl (C=O) groups is 2. The molecule has 0 radical (unpaired) electrons. The summed E-state index contributed by atoms with van der Waals surface area (Å²) in [6.45, 7) is 0.274. The van der Waals surface area contributed by atoms with E-state index in [1.54, 1.807) is 6.20 Å². The molecule has 0 spiro atoms. The van der Waals surface area contributed by atoms with Gasteiger partial charge in [-0.25, -0.2) is 4.98 Å². The van der Waals surface area contributed by atoms with Gasteiger partial charge in [0.2, 0.25) is 0 Å². The first-order valence-electron chi connectivity index (χ1n) is 8.82. The van der Waals surface area contributed by atoms with Gasteiger partial charge in [0.25, 0.3) is 11.8 Å². The molecular formula is C20H19N5O2. The number of benzene rings is 1. The molecule has 7 nitrogen and oxygen atoms in total. The zero-order valence-corrected chi connectivity index (χ0v) is 14.6. The number of rotatable bonds is 5. The second-order valence-corrected chi connectivity index (χ2v) is 6.39. The zero-order valence-electron chi connectivity index (χ0n) is 14.6. The van der Waals surface area contributed by atoms with Gasteiger partial charge in [-0.05, 0) is 36.1 Å². The molecule has 136 valence electrons. The van der Waals surface area contributed by atoms with Crippen molar-refractivity contribution >= 4 is 11.8 Å². The van der Waals surface area contributed by atoms with E-state index in [0.717, 1.165) is 24.1 Å². The summed E-state index contributed by atoms with van der Waals surface area (Å²) in [6.07, 6.45) is 4.79. The maximum atomic E-state index is 12.7. The number of amides is 2. The van der Waals surface area contributed by atoms with Gasteiger partial charge >= 0.3 is 0 Å². The van der Waals surface area contributed by atoms with Crippen LogP contribution in [0.1, 0.15) is 50.3 Å². The molecule has 0 bridgehead atoms. The van der Waals surface area contributed by atoms with E-state index in [-0.39, 0.29) is 29.9 Å². The summed E-state index contributed by atoms with van der Waals surface area (Å²) < 4.78 is 0.